The molecule has 0 aliphatic heterocycles. The first-order valence-corrected chi connectivity index (χ1v) is 6.42. The maximum Gasteiger partial charge on any atom is 0.240 e. The lowest BCUT2D eigenvalue weighted by atomic mass is 9.82. The Balaban J connectivity index is 0.00000289. The van der Waals surface area contributed by atoms with Crippen molar-refractivity contribution in [1.29, 1.82) is 0 Å². The summed E-state index contributed by atoms with van der Waals surface area (Å²) in [5, 5.41) is 5.33. The highest BCUT2D eigenvalue weighted by Crippen LogP contribution is 2.25. The zero-order valence-electron chi connectivity index (χ0n) is 11.0. The van der Waals surface area contributed by atoms with Crippen molar-refractivity contribution in [2.45, 2.75) is 51.0 Å². The van der Waals surface area contributed by atoms with E-state index in [2.05, 4.69) is 10.6 Å². The van der Waals surface area contributed by atoms with E-state index in [9.17, 15) is 9.59 Å². The van der Waals surface area contributed by atoms with Crippen molar-refractivity contribution in [3.8, 4) is 0 Å². The molecule has 1 saturated carbocycles. The van der Waals surface area contributed by atoms with Gasteiger partial charge in [0, 0.05) is 6.54 Å². The summed E-state index contributed by atoms with van der Waals surface area (Å²) in [5.41, 5.74) is 5.28. The standard InChI is InChI=1S/C12H23N3O2.ClH/c1-2-8-14-10(16)9-15-11(17)12(13)6-4-3-5-7-12;/h2-9,13H2,1H3,(H,14,16)(H,15,17);1H. The maximum absolute atomic E-state index is 11.9. The number of nitrogens with two attached hydrogens (primary N) is 1. The summed E-state index contributed by atoms with van der Waals surface area (Å²) in [6.07, 6.45) is 5.45. The molecule has 0 aromatic carbocycles. The molecule has 0 saturated heterocycles. The molecule has 1 fully saturated rings. The molecular weight excluding hydrogens is 254 g/mol. The smallest absolute Gasteiger partial charge is 0.240 e. The van der Waals surface area contributed by atoms with Gasteiger partial charge in [0.25, 0.3) is 0 Å². The summed E-state index contributed by atoms with van der Waals surface area (Å²) in [4.78, 5) is 23.2. The molecule has 1 aliphatic rings. The van der Waals surface area contributed by atoms with E-state index in [0.29, 0.717) is 6.54 Å². The average Bonchev–Trinajstić information content (AvgIpc) is 2.34. The van der Waals surface area contributed by atoms with Crippen LogP contribution >= 0.6 is 12.4 Å². The van der Waals surface area contributed by atoms with Crippen LogP contribution in [0.25, 0.3) is 0 Å². The van der Waals surface area contributed by atoms with Crippen LogP contribution < -0.4 is 16.4 Å². The van der Waals surface area contributed by atoms with Crippen molar-refractivity contribution < 1.29 is 9.59 Å². The van der Waals surface area contributed by atoms with Crippen molar-refractivity contribution in [2.24, 2.45) is 5.73 Å². The summed E-state index contributed by atoms with van der Waals surface area (Å²) in [6.45, 7) is 2.65. The largest absolute Gasteiger partial charge is 0.355 e. The van der Waals surface area contributed by atoms with E-state index in [1.807, 2.05) is 6.92 Å². The van der Waals surface area contributed by atoms with Crippen molar-refractivity contribution >= 4 is 24.2 Å². The Hall–Kier alpha value is -0.810. The molecule has 5 nitrogen and oxygen atoms in total. The summed E-state index contributed by atoms with van der Waals surface area (Å²) >= 11 is 0. The molecule has 0 aromatic heterocycles. The Labute approximate surface area is 115 Å². The topological polar surface area (TPSA) is 84.2 Å². The third kappa shape index (κ3) is 5.23. The van der Waals surface area contributed by atoms with E-state index in [4.69, 9.17) is 5.73 Å². The second-order valence-corrected chi connectivity index (χ2v) is 4.75. The maximum atomic E-state index is 11.9. The SMILES string of the molecule is CCCNC(=O)CNC(=O)C1(N)CCCCC1.Cl. The lowest BCUT2D eigenvalue weighted by molar-refractivity contribution is -0.130. The molecule has 1 aliphatic carbocycles. The third-order valence-electron chi connectivity index (χ3n) is 3.18. The first-order valence-electron chi connectivity index (χ1n) is 6.42. The minimum atomic E-state index is -0.761. The average molecular weight is 278 g/mol. The number of hydrogen-bond acceptors (Lipinski definition) is 3. The second-order valence-electron chi connectivity index (χ2n) is 4.75. The van der Waals surface area contributed by atoms with Gasteiger partial charge in [0.1, 0.15) is 0 Å². The molecule has 0 radical (unpaired) electrons. The fourth-order valence-corrected chi connectivity index (χ4v) is 2.07. The highest BCUT2D eigenvalue weighted by atomic mass is 35.5. The van der Waals surface area contributed by atoms with Crippen LogP contribution in [0.3, 0.4) is 0 Å². The van der Waals surface area contributed by atoms with E-state index >= 15 is 0 Å². The number of hydrogen-bond donors (Lipinski definition) is 3. The van der Waals surface area contributed by atoms with Gasteiger partial charge in [-0.05, 0) is 19.3 Å². The van der Waals surface area contributed by atoms with Crippen LogP contribution in [-0.4, -0.2) is 30.4 Å². The van der Waals surface area contributed by atoms with Gasteiger partial charge in [0.05, 0.1) is 12.1 Å². The number of nitrogens with one attached hydrogen (secondary N) is 2. The van der Waals surface area contributed by atoms with E-state index in [1.54, 1.807) is 0 Å². The number of carbonyl (C=O) groups excluding carboxylic acids is 2. The van der Waals surface area contributed by atoms with Gasteiger partial charge < -0.3 is 16.4 Å². The summed E-state index contributed by atoms with van der Waals surface area (Å²) < 4.78 is 0. The van der Waals surface area contributed by atoms with Crippen LogP contribution in [0.2, 0.25) is 0 Å². The third-order valence-corrected chi connectivity index (χ3v) is 3.18. The molecule has 106 valence electrons. The minimum Gasteiger partial charge on any atom is -0.355 e. The molecule has 2 amide bonds. The van der Waals surface area contributed by atoms with Crippen molar-refractivity contribution in [3.63, 3.8) is 0 Å². The van der Waals surface area contributed by atoms with Gasteiger partial charge in [-0.1, -0.05) is 26.2 Å². The van der Waals surface area contributed by atoms with Crippen LogP contribution in [0.1, 0.15) is 45.4 Å². The number of halogens is 1. The summed E-state index contributed by atoms with van der Waals surface area (Å²) in [6, 6.07) is 0. The van der Waals surface area contributed by atoms with Crippen LogP contribution in [0.5, 0.6) is 0 Å². The van der Waals surface area contributed by atoms with Gasteiger partial charge >= 0.3 is 0 Å². The van der Waals surface area contributed by atoms with Gasteiger partial charge in [0.15, 0.2) is 0 Å². The number of carbonyl (C=O) groups is 2. The Morgan fingerprint density at radius 1 is 1.17 bits per heavy atom. The van der Waals surface area contributed by atoms with Gasteiger partial charge in [-0.25, -0.2) is 0 Å². The Morgan fingerprint density at radius 3 is 2.33 bits per heavy atom. The normalized spacial score (nSPS) is 17.4. The quantitative estimate of drug-likeness (QED) is 0.692. The Bertz CT molecular complexity index is 278. The summed E-state index contributed by atoms with van der Waals surface area (Å²) in [5.74, 6) is -0.344. The first-order chi connectivity index (χ1) is 8.08. The fraction of sp³-hybridized carbons (Fsp3) is 0.833. The van der Waals surface area contributed by atoms with E-state index in [-0.39, 0.29) is 30.8 Å². The van der Waals surface area contributed by atoms with Gasteiger partial charge in [-0.2, -0.15) is 0 Å². The lowest BCUT2D eigenvalue weighted by Gasteiger charge is -2.31. The van der Waals surface area contributed by atoms with Crippen LogP contribution in [0, 0.1) is 0 Å². The molecule has 0 aromatic rings. The molecule has 4 N–H and O–H groups in total. The minimum absolute atomic E-state index is 0. The number of amides is 2. The molecule has 6 heteroatoms. The van der Waals surface area contributed by atoms with E-state index < -0.39 is 5.54 Å². The van der Waals surface area contributed by atoms with Crippen molar-refractivity contribution in [1.82, 2.24) is 10.6 Å². The Kier molecular flexibility index (Phi) is 7.95. The molecule has 0 bridgehead atoms. The second kappa shape index (κ2) is 8.32. The monoisotopic (exact) mass is 277 g/mol. The predicted octanol–water partition coefficient (Wildman–Crippen LogP) is 0.712. The van der Waals surface area contributed by atoms with Crippen LogP contribution in [-0.2, 0) is 9.59 Å². The lowest BCUT2D eigenvalue weighted by Crippen LogP contribution is -2.56. The molecule has 0 unspecified atom stereocenters. The van der Waals surface area contributed by atoms with Crippen molar-refractivity contribution in [2.75, 3.05) is 13.1 Å². The predicted molar refractivity (Wildman–Crippen MR) is 73.6 cm³/mol. The molecule has 0 spiro atoms. The van der Waals surface area contributed by atoms with Gasteiger partial charge in [0.2, 0.25) is 11.8 Å². The van der Waals surface area contributed by atoms with E-state index in [0.717, 1.165) is 38.5 Å². The van der Waals surface area contributed by atoms with Crippen LogP contribution in [0.15, 0.2) is 0 Å². The molecule has 0 atom stereocenters. The summed E-state index contributed by atoms with van der Waals surface area (Å²) in [7, 11) is 0. The van der Waals surface area contributed by atoms with Crippen LogP contribution in [0.4, 0.5) is 0 Å². The zero-order chi connectivity index (χ0) is 12.7. The van der Waals surface area contributed by atoms with E-state index in [1.165, 1.54) is 0 Å². The zero-order valence-corrected chi connectivity index (χ0v) is 11.8. The molecule has 18 heavy (non-hydrogen) atoms. The molecule has 1 rings (SSSR count). The molecule has 0 heterocycles. The fourth-order valence-electron chi connectivity index (χ4n) is 2.07. The van der Waals surface area contributed by atoms with Gasteiger partial charge in [-0.3, -0.25) is 9.59 Å². The molecular formula is C12H24ClN3O2. The highest BCUT2D eigenvalue weighted by molar-refractivity contribution is 5.90. The van der Waals surface area contributed by atoms with Crippen molar-refractivity contribution in [3.05, 3.63) is 0 Å². The van der Waals surface area contributed by atoms with Gasteiger partial charge in [-0.15, -0.1) is 12.4 Å². The Morgan fingerprint density at radius 2 is 1.78 bits per heavy atom. The number of rotatable bonds is 5. The highest BCUT2D eigenvalue weighted by Gasteiger charge is 2.35. The first kappa shape index (κ1) is 17.2.